The zero-order valence-corrected chi connectivity index (χ0v) is 12.1. The molecule has 0 spiro atoms. The number of aryl methyl sites for hydroxylation is 1. The lowest BCUT2D eigenvalue weighted by Gasteiger charge is -2.19. The van der Waals surface area contributed by atoms with Gasteiger partial charge in [-0.2, -0.15) is 0 Å². The Bertz CT molecular complexity index is 436. The molecule has 0 saturated heterocycles. The molecule has 4 heteroatoms. The zero-order valence-electron chi connectivity index (χ0n) is 12.1. The van der Waals surface area contributed by atoms with Crippen molar-refractivity contribution >= 4 is 6.09 Å². The lowest BCUT2D eigenvalue weighted by atomic mass is 10.0. The molecular weight excluding hydrogens is 242 g/mol. The van der Waals surface area contributed by atoms with Gasteiger partial charge in [0.1, 0.15) is 5.60 Å². The monoisotopic (exact) mass is 265 g/mol. The van der Waals surface area contributed by atoms with Gasteiger partial charge in [0.2, 0.25) is 0 Å². The third-order valence-electron chi connectivity index (χ3n) is 2.66. The molecule has 1 amide bonds. The fourth-order valence-electron chi connectivity index (χ4n) is 1.71. The second kappa shape index (κ2) is 6.57. The lowest BCUT2D eigenvalue weighted by Crippen LogP contribution is -2.33. The van der Waals surface area contributed by atoms with Gasteiger partial charge < -0.3 is 15.2 Å². The average Bonchev–Trinajstić information content (AvgIpc) is 2.26. The molecule has 4 nitrogen and oxygen atoms in total. The van der Waals surface area contributed by atoms with Crippen LogP contribution >= 0.6 is 0 Å². The van der Waals surface area contributed by atoms with E-state index in [0.717, 1.165) is 23.1 Å². The van der Waals surface area contributed by atoms with Crippen molar-refractivity contribution in [2.24, 2.45) is 0 Å². The number of carbonyl (C=O) groups is 1. The third kappa shape index (κ3) is 5.75. The lowest BCUT2D eigenvalue weighted by molar-refractivity contribution is 0.0528. The molecule has 0 aliphatic rings. The van der Waals surface area contributed by atoms with Crippen LogP contribution in [0, 0.1) is 6.92 Å². The first-order valence-corrected chi connectivity index (χ1v) is 6.48. The number of hydrogen-bond donors (Lipinski definition) is 2. The maximum atomic E-state index is 11.4. The van der Waals surface area contributed by atoms with Crippen LogP contribution in [0.1, 0.15) is 37.5 Å². The summed E-state index contributed by atoms with van der Waals surface area (Å²) in [6.45, 7) is 8.07. The van der Waals surface area contributed by atoms with E-state index in [4.69, 9.17) is 9.84 Å². The molecule has 0 saturated carbocycles. The number of ether oxygens (including phenoxy) is 1. The van der Waals surface area contributed by atoms with Crippen molar-refractivity contribution in [3.63, 3.8) is 0 Å². The van der Waals surface area contributed by atoms with E-state index in [1.807, 2.05) is 45.9 Å². The summed E-state index contributed by atoms with van der Waals surface area (Å²) in [5.74, 6) is 0. The minimum absolute atomic E-state index is 0.0578. The van der Waals surface area contributed by atoms with Crippen LogP contribution in [0.3, 0.4) is 0 Å². The first-order valence-electron chi connectivity index (χ1n) is 6.48. The van der Waals surface area contributed by atoms with Crippen LogP contribution in [0.4, 0.5) is 4.79 Å². The van der Waals surface area contributed by atoms with Crippen LogP contribution in [-0.4, -0.2) is 23.3 Å². The van der Waals surface area contributed by atoms with Crippen molar-refractivity contribution in [1.82, 2.24) is 5.32 Å². The molecule has 0 bridgehead atoms. The van der Waals surface area contributed by atoms with Gasteiger partial charge in [-0.05, 0) is 50.8 Å². The Labute approximate surface area is 114 Å². The molecule has 1 aromatic rings. The van der Waals surface area contributed by atoms with Crippen LogP contribution in [0.15, 0.2) is 18.2 Å². The van der Waals surface area contributed by atoms with Gasteiger partial charge in [-0.25, -0.2) is 4.79 Å². The predicted molar refractivity (Wildman–Crippen MR) is 75.0 cm³/mol. The highest BCUT2D eigenvalue weighted by Crippen LogP contribution is 2.11. The van der Waals surface area contributed by atoms with Crippen molar-refractivity contribution in [3.05, 3.63) is 34.9 Å². The van der Waals surface area contributed by atoms with Crippen LogP contribution in [-0.2, 0) is 17.8 Å². The van der Waals surface area contributed by atoms with Crippen molar-refractivity contribution in [1.29, 1.82) is 0 Å². The maximum absolute atomic E-state index is 11.4. The van der Waals surface area contributed by atoms with Gasteiger partial charge in [0.05, 0.1) is 6.61 Å². The first kappa shape index (κ1) is 15.5. The number of benzene rings is 1. The Morgan fingerprint density at radius 3 is 2.58 bits per heavy atom. The average molecular weight is 265 g/mol. The van der Waals surface area contributed by atoms with Crippen molar-refractivity contribution in [2.45, 2.75) is 46.3 Å². The summed E-state index contributed by atoms with van der Waals surface area (Å²) < 4.78 is 5.15. The van der Waals surface area contributed by atoms with Gasteiger partial charge in [0.25, 0.3) is 0 Å². The first-order chi connectivity index (χ1) is 8.81. The van der Waals surface area contributed by atoms with E-state index in [-0.39, 0.29) is 6.61 Å². The van der Waals surface area contributed by atoms with E-state index in [9.17, 15) is 4.79 Å². The van der Waals surface area contributed by atoms with E-state index in [2.05, 4.69) is 5.32 Å². The fraction of sp³-hybridized carbons (Fsp3) is 0.533. The number of amides is 1. The molecule has 0 fully saturated rings. The molecule has 0 heterocycles. The van der Waals surface area contributed by atoms with Gasteiger partial charge in [0.15, 0.2) is 0 Å². The van der Waals surface area contributed by atoms with Gasteiger partial charge >= 0.3 is 6.09 Å². The molecule has 0 unspecified atom stereocenters. The summed E-state index contributed by atoms with van der Waals surface area (Å²) in [6, 6.07) is 5.91. The molecule has 106 valence electrons. The number of hydrogen-bond acceptors (Lipinski definition) is 3. The fourth-order valence-corrected chi connectivity index (χ4v) is 1.71. The Balaban J connectivity index is 2.41. The Hall–Kier alpha value is -1.55. The third-order valence-corrected chi connectivity index (χ3v) is 2.66. The summed E-state index contributed by atoms with van der Waals surface area (Å²) in [4.78, 5) is 11.4. The number of aliphatic hydroxyl groups is 1. The highest BCUT2D eigenvalue weighted by atomic mass is 16.6. The number of carbonyl (C=O) groups excluding carboxylic acids is 1. The zero-order chi connectivity index (χ0) is 14.5. The highest BCUT2D eigenvalue weighted by molar-refractivity contribution is 5.67. The second-order valence-corrected chi connectivity index (χ2v) is 5.60. The van der Waals surface area contributed by atoms with Gasteiger partial charge in [-0.1, -0.05) is 18.2 Å². The van der Waals surface area contributed by atoms with E-state index >= 15 is 0 Å². The van der Waals surface area contributed by atoms with Crippen molar-refractivity contribution in [2.75, 3.05) is 6.54 Å². The summed E-state index contributed by atoms with van der Waals surface area (Å²) in [5, 5.41) is 11.8. The smallest absolute Gasteiger partial charge is 0.407 e. The highest BCUT2D eigenvalue weighted by Gasteiger charge is 2.15. The second-order valence-electron chi connectivity index (χ2n) is 5.60. The molecule has 0 radical (unpaired) electrons. The Morgan fingerprint density at radius 2 is 2.05 bits per heavy atom. The van der Waals surface area contributed by atoms with Crippen molar-refractivity contribution < 1.29 is 14.6 Å². The molecule has 1 rings (SSSR count). The van der Waals surface area contributed by atoms with Gasteiger partial charge in [-0.15, -0.1) is 0 Å². The minimum Gasteiger partial charge on any atom is -0.444 e. The molecule has 2 N–H and O–H groups in total. The summed E-state index contributed by atoms with van der Waals surface area (Å²) >= 11 is 0. The SMILES string of the molecule is Cc1cc(CCNC(=O)OC(C)(C)C)ccc1CO. The van der Waals surface area contributed by atoms with E-state index in [0.29, 0.717) is 6.54 Å². The Kier molecular flexibility index (Phi) is 5.36. The van der Waals surface area contributed by atoms with Crippen LogP contribution in [0.2, 0.25) is 0 Å². The molecule has 1 aromatic carbocycles. The van der Waals surface area contributed by atoms with E-state index in [1.165, 1.54) is 0 Å². The molecular formula is C15H23NO3. The summed E-state index contributed by atoms with van der Waals surface area (Å²) in [5.41, 5.74) is 2.66. The van der Waals surface area contributed by atoms with Crippen LogP contribution < -0.4 is 5.32 Å². The quantitative estimate of drug-likeness (QED) is 0.879. The molecule has 19 heavy (non-hydrogen) atoms. The largest absolute Gasteiger partial charge is 0.444 e. The molecule has 0 aromatic heterocycles. The van der Waals surface area contributed by atoms with Gasteiger partial charge in [0, 0.05) is 6.54 Å². The van der Waals surface area contributed by atoms with Gasteiger partial charge in [-0.3, -0.25) is 0 Å². The number of alkyl carbamates (subject to hydrolysis) is 1. The van der Waals surface area contributed by atoms with E-state index < -0.39 is 11.7 Å². The predicted octanol–water partition coefficient (Wildman–Crippen LogP) is 2.55. The molecule has 0 aliphatic heterocycles. The number of aliphatic hydroxyl groups excluding tert-OH is 1. The minimum atomic E-state index is -0.469. The molecule has 0 aliphatic carbocycles. The summed E-state index contributed by atoms with van der Waals surface area (Å²) in [6.07, 6.45) is 0.349. The number of nitrogens with one attached hydrogen (secondary N) is 1. The van der Waals surface area contributed by atoms with Crippen LogP contribution in [0.25, 0.3) is 0 Å². The summed E-state index contributed by atoms with van der Waals surface area (Å²) in [7, 11) is 0. The van der Waals surface area contributed by atoms with Crippen molar-refractivity contribution in [3.8, 4) is 0 Å². The topological polar surface area (TPSA) is 58.6 Å². The standard InChI is InChI=1S/C15H23NO3/c1-11-9-12(5-6-13(11)10-17)7-8-16-14(18)19-15(2,3)4/h5-6,9,17H,7-8,10H2,1-4H3,(H,16,18). The molecule has 0 atom stereocenters. The Morgan fingerprint density at radius 1 is 1.37 bits per heavy atom. The van der Waals surface area contributed by atoms with Crippen LogP contribution in [0.5, 0.6) is 0 Å². The van der Waals surface area contributed by atoms with E-state index in [1.54, 1.807) is 0 Å². The normalized spacial score (nSPS) is 11.2. The number of rotatable bonds is 4. The maximum Gasteiger partial charge on any atom is 0.407 e.